The van der Waals surface area contributed by atoms with Crippen molar-refractivity contribution in [1.29, 1.82) is 0 Å². The van der Waals surface area contributed by atoms with Crippen LogP contribution in [0, 0.1) is 6.92 Å². The Kier molecular flexibility index (Phi) is 4.75. The van der Waals surface area contributed by atoms with E-state index in [4.69, 9.17) is 4.74 Å². The van der Waals surface area contributed by atoms with Gasteiger partial charge in [-0.15, -0.1) is 0 Å². The maximum atomic E-state index is 12.9. The summed E-state index contributed by atoms with van der Waals surface area (Å²) in [5, 5.41) is 0.500. The first-order chi connectivity index (χ1) is 12.1. The standard InChI is InChI=1S/C20H18N2O3/c1-3-25-19(23)12-10-15-9-11-18-17(13-15)20(24)22(14(2)21-18)16-7-5-4-6-8-16/h4-13H,3H2,1-2H3/b12-10+. The highest BCUT2D eigenvalue weighted by Gasteiger charge is 2.10. The maximum absolute atomic E-state index is 12.9. The molecule has 2 aromatic carbocycles. The number of hydrogen-bond acceptors (Lipinski definition) is 4. The smallest absolute Gasteiger partial charge is 0.330 e. The van der Waals surface area contributed by atoms with Gasteiger partial charge in [0.05, 0.1) is 23.2 Å². The lowest BCUT2D eigenvalue weighted by atomic mass is 10.1. The number of esters is 1. The van der Waals surface area contributed by atoms with Crippen molar-refractivity contribution in [2.45, 2.75) is 13.8 Å². The second kappa shape index (κ2) is 7.13. The van der Waals surface area contributed by atoms with Crippen molar-refractivity contribution in [3.63, 3.8) is 0 Å². The van der Waals surface area contributed by atoms with Gasteiger partial charge >= 0.3 is 5.97 Å². The predicted octanol–water partition coefficient (Wildman–Crippen LogP) is 3.27. The van der Waals surface area contributed by atoms with E-state index in [2.05, 4.69) is 4.98 Å². The van der Waals surface area contributed by atoms with E-state index >= 15 is 0 Å². The Morgan fingerprint density at radius 2 is 1.96 bits per heavy atom. The molecule has 0 saturated heterocycles. The molecule has 0 aliphatic carbocycles. The molecule has 0 radical (unpaired) electrons. The predicted molar refractivity (Wildman–Crippen MR) is 97.7 cm³/mol. The number of aromatic nitrogens is 2. The van der Waals surface area contributed by atoms with Gasteiger partial charge < -0.3 is 4.74 Å². The van der Waals surface area contributed by atoms with Crippen molar-refractivity contribution in [3.05, 3.63) is 76.3 Å². The summed E-state index contributed by atoms with van der Waals surface area (Å²) in [7, 11) is 0. The van der Waals surface area contributed by atoms with Gasteiger partial charge in [-0.2, -0.15) is 0 Å². The molecule has 3 rings (SSSR count). The van der Waals surface area contributed by atoms with E-state index in [1.807, 2.05) is 43.3 Å². The van der Waals surface area contributed by atoms with Crippen LogP contribution in [0.4, 0.5) is 0 Å². The summed E-state index contributed by atoms with van der Waals surface area (Å²) in [5.74, 6) is 0.213. The van der Waals surface area contributed by atoms with Gasteiger partial charge in [-0.1, -0.05) is 24.3 Å². The van der Waals surface area contributed by atoms with Gasteiger partial charge in [0.15, 0.2) is 0 Å². The molecule has 0 saturated carbocycles. The molecule has 1 aromatic heterocycles. The maximum Gasteiger partial charge on any atom is 0.330 e. The topological polar surface area (TPSA) is 61.2 Å². The summed E-state index contributed by atoms with van der Waals surface area (Å²) in [6.07, 6.45) is 2.98. The van der Waals surface area contributed by atoms with Crippen LogP contribution in [0.25, 0.3) is 22.7 Å². The quantitative estimate of drug-likeness (QED) is 0.543. The Labute approximate surface area is 145 Å². The molecule has 5 heteroatoms. The number of benzene rings is 2. The van der Waals surface area contributed by atoms with Crippen LogP contribution < -0.4 is 5.56 Å². The first-order valence-electron chi connectivity index (χ1n) is 8.04. The van der Waals surface area contributed by atoms with E-state index in [0.29, 0.717) is 23.3 Å². The largest absolute Gasteiger partial charge is 0.463 e. The van der Waals surface area contributed by atoms with Crippen LogP contribution in [-0.4, -0.2) is 22.1 Å². The zero-order valence-corrected chi connectivity index (χ0v) is 14.1. The molecule has 126 valence electrons. The lowest BCUT2D eigenvalue weighted by Gasteiger charge is -2.11. The zero-order valence-electron chi connectivity index (χ0n) is 14.1. The highest BCUT2D eigenvalue weighted by molar-refractivity contribution is 5.88. The number of carbonyl (C=O) groups excluding carboxylic acids is 1. The second-order valence-electron chi connectivity index (χ2n) is 5.50. The first-order valence-corrected chi connectivity index (χ1v) is 8.04. The molecule has 3 aromatic rings. The molecule has 0 N–H and O–H groups in total. The third-order valence-electron chi connectivity index (χ3n) is 3.77. The molecule has 0 bridgehead atoms. The van der Waals surface area contributed by atoms with E-state index in [0.717, 1.165) is 11.3 Å². The average molecular weight is 334 g/mol. The Hall–Kier alpha value is -3.21. The van der Waals surface area contributed by atoms with Crippen molar-refractivity contribution in [3.8, 4) is 5.69 Å². The fourth-order valence-electron chi connectivity index (χ4n) is 2.65. The molecule has 0 spiro atoms. The summed E-state index contributed by atoms with van der Waals surface area (Å²) < 4.78 is 6.45. The second-order valence-corrected chi connectivity index (χ2v) is 5.50. The highest BCUT2D eigenvalue weighted by Crippen LogP contribution is 2.15. The van der Waals surface area contributed by atoms with Gasteiger partial charge in [-0.3, -0.25) is 9.36 Å². The average Bonchev–Trinajstić information content (AvgIpc) is 2.61. The van der Waals surface area contributed by atoms with Gasteiger partial charge in [0.2, 0.25) is 0 Å². The molecule has 0 fully saturated rings. The Morgan fingerprint density at radius 3 is 2.68 bits per heavy atom. The minimum atomic E-state index is -0.411. The molecular formula is C20H18N2O3. The number of para-hydroxylation sites is 1. The van der Waals surface area contributed by atoms with Crippen molar-refractivity contribution in [2.24, 2.45) is 0 Å². The number of aryl methyl sites for hydroxylation is 1. The summed E-state index contributed by atoms with van der Waals surface area (Å²) >= 11 is 0. The van der Waals surface area contributed by atoms with E-state index in [9.17, 15) is 9.59 Å². The van der Waals surface area contributed by atoms with E-state index < -0.39 is 5.97 Å². The summed E-state index contributed by atoms with van der Waals surface area (Å²) in [5.41, 5.74) is 2.00. The normalized spacial score (nSPS) is 11.1. The minimum Gasteiger partial charge on any atom is -0.463 e. The fraction of sp³-hybridized carbons (Fsp3) is 0.150. The SMILES string of the molecule is CCOC(=O)/C=C/c1ccc2nc(C)n(-c3ccccc3)c(=O)c2c1. The van der Waals surface area contributed by atoms with Gasteiger partial charge in [0.1, 0.15) is 5.82 Å². The molecular weight excluding hydrogens is 316 g/mol. The summed E-state index contributed by atoms with van der Waals surface area (Å²) in [6, 6.07) is 14.7. The van der Waals surface area contributed by atoms with Crippen LogP contribution in [0.2, 0.25) is 0 Å². The summed E-state index contributed by atoms with van der Waals surface area (Å²) in [6.45, 7) is 3.89. The van der Waals surface area contributed by atoms with Crippen molar-refractivity contribution >= 4 is 22.9 Å². The molecule has 0 atom stereocenters. The molecule has 1 heterocycles. The fourth-order valence-corrected chi connectivity index (χ4v) is 2.65. The Morgan fingerprint density at radius 1 is 1.20 bits per heavy atom. The van der Waals surface area contributed by atoms with Crippen LogP contribution in [0.1, 0.15) is 18.3 Å². The van der Waals surface area contributed by atoms with E-state index in [1.165, 1.54) is 6.08 Å². The highest BCUT2D eigenvalue weighted by atomic mass is 16.5. The molecule has 0 unspecified atom stereocenters. The Balaban J connectivity index is 2.10. The number of fused-ring (bicyclic) bond motifs is 1. The number of carbonyl (C=O) groups is 1. The number of hydrogen-bond donors (Lipinski definition) is 0. The van der Waals surface area contributed by atoms with Crippen molar-refractivity contribution < 1.29 is 9.53 Å². The van der Waals surface area contributed by atoms with E-state index in [-0.39, 0.29) is 5.56 Å². The third-order valence-corrected chi connectivity index (χ3v) is 3.77. The summed E-state index contributed by atoms with van der Waals surface area (Å²) in [4.78, 5) is 28.9. The molecule has 0 amide bonds. The van der Waals surface area contributed by atoms with Gasteiger partial charge in [0, 0.05) is 6.08 Å². The van der Waals surface area contributed by atoms with Crippen LogP contribution >= 0.6 is 0 Å². The van der Waals surface area contributed by atoms with Crippen LogP contribution in [0.3, 0.4) is 0 Å². The molecule has 5 nitrogen and oxygen atoms in total. The first kappa shape index (κ1) is 16.6. The number of rotatable bonds is 4. The van der Waals surface area contributed by atoms with Crippen LogP contribution in [0.5, 0.6) is 0 Å². The monoisotopic (exact) mass is 334 g/mol. The lowest BCUT2D eigenvalue weighted by molar-refractivity contribution is -0.137. The Bertz CT molecular complexity index is 1000. The lowest BCUT2D eigenvalue weighted by Crippen LogP contribution is -2.22. The molecule has 0 aliphatic rings. The number of ether oxygens (including phenoxy) is 1. The van der Waals surface area contributed by atoms with Gasteiger partial charge in [0.25, 0.3) is 5.56 Å². The third kappa shape index (κ3) is 3.50. The van der Waals surface area contributed by atoms with Crippen LogP contribution in [-0.2, 0) is 9.53 Å². The zero-order chi connectivity index (χ0) is 17.8. The van der Waals surface area contributed by atoms with Crippen molar-refractivity contribution in [1.82, 2.24) is 9.55 Å². The molecule has 0 aliphatic heterocycles. The van der Waals surface area contributed by atoms with Crippen LogP contribution in [0.15, 0.2) is 59.4 Å². The molecule has 25 heavy (non-hydrogen) atoms. The number of nitrogens with zero attached hydrogens (tertiary/aromatic N) is 2. The van der Waals surface area contributed by atoms with Gasteiger partial charge in [-0.25, -0.2) is 9.78 Å². The van der Waals surface area contributed by atoms with Crippen molar-refractivity contribution in [2.75, 3.05) is 6.61 Å². The van der Waals surface area contributed by atoms with Gasteiger partial charge in [-0.05, 0) is 49.8 Å². The minimum absolute atomic E-state index is 0.139. The van der Waals surface area contributed by atoms with E-state index in [1.54, 1.807) is 29.7 Å².